The van der Waals surface area contributed by atoms with Crippen molar-refractivity contribution in [2.75, 3.05) is 6.54 Å². The Morgan fingerprint density at radius 2 is 1.93 bits per heavy atom. The number of allylic oxidation sites excluding steroid dienone is 4. The van der Waals surface area contributed by atoms with Gasteiger partial charge in [-0.1, -0.05) is 23.3 Å². The van der Waals surface area contributed by atoms with Gasteiger partial charge in [-0.05, 0) is 44.2 Å². The van der Waals surface area contributed by atoms with Gasteiger partial charge in [0.05, 0.1) is 0 Å². The number of ketones is 1. The molecule has 0 aromatic carbocycles. The Morgan fingerprint density at radius 3 is 2.60 bits per heavy atom. The van der Waals surface area contributed by atoms with E-state index in [2.05, 4.69) is 22.2 Å². The molecule has 0 atom stereocenters. The van der Waals surface area contributed by atoms with Gasteiger partial charge in [0.15, 0.2) is 5.78 Å². The maximum Gasteiger partial charge on any atom is 0.152 e. The summed E-state index contributed by atoms with van der Waals surface area (Å²) in [5.41, 5.74) is 8.02. The Morgan fingerprint density at radius 1 is 1.27 bits per heavy atom. The third-order valence-electron chi connectivity index (χ3n) is 1.71. The molecule has 82 valence electrons. The van der Waals surface area contributed by atoms with Gasteiger partial charge in [-0.2, -0.15) is 0 Å². The summed E-state index contributed by atoms with van der Waals surface area (Å²) in [6.07, 6.45) is 11.3. The molecule has 0 aromatic heterocycles. The van der Waals surface area contributed by atoms with E-state index in [1.54, 1.807) is 13.0 Å². The lowest BCUT2D eigenvalue weighted by atomic mass is 10.2. The Kier molecular flexibility index (Phi) is 9.46. The molecule has 0 aliphatic rings. The van der Waals surface area contributed by atoms with Crippen molar-refractivity contribution in [2.45, 2.75) is 32.6 Å². The predicted octanol–water partition coefficient (Wildman–Crippen LogP) is 3.56. The zero-order valence-electron chi connectivity index (χ0n) is 9.09. The zero-order valence-corrected chi connectivity index (χ0v) is 9.09. The van der Waals surface area contributed by atoms with E-state index in [0.29, 0.717) is 6.54 Å². The predicted molar refractivity (Wildman–Crippen MR) is 61.4 cm³/mol. The molecule has 0 amide bonds. The van der Waals surface area contributed by atoms with E-state index in [0.717, 1.165) is 25.7 Å². The first kappa shape index (κ1) is 13.5. The molecule has 0 heterocycles. The van der Waals surface area contributed by atoms with Crippen molar-refractivity contribution in [3.8, 4) is 0 Å². The van der Waals surface area contributed by atoms with Crippen LogP contribution >= 0.6 is 0 Å². The van der Waals surface area contributed by atoms with Crippen LogP contribution in [0, 0.1) is 0 Å². The highest BCUT2D eigenvalue weighted by molar-refractivity contribution is 5.87. The number of azide groups is 1. The van der Waals surface area contributed by atoms with Gasteiger partial charge in [-0.3, -0.25) is 4.79 Å². The molecule has 4 heteroatoms. The SMILES string of the molecule is CC(=O)/C=C/CC/C=C\CCCN=[N+]=[N-]. The molecule has 15 heavy (non-hydrogen) atoms. The maximum absolute atomic E-state index is 10.5. The second-order valence-electron chi connectivity index (χ2n) is 3.16. The molecule has 0 saturated carbocycles. The van der Waals surface area contributed by atoms with Gasteiger partial charge in [0.25, 0.3) is 0 Å². The average Bonchev–Trinajstić information content (AvgIpc) is 2.20. The van der Waals surface area contributed by atoms with Crippen LogP contribution in [0.4, 0.5) is 0 Å². The lowest BCUT2D eigenvalue weighted by Crippen LogP contribution is -1.79. The summed E-state index contributed by atoms with van der Waals surface area (Å²) in [6.45, 7) is 2.10. The minimum atomic E-state index is 0.0911. The van der Waals surface area contributed by atoms with E-state index in [9.17, 15) is 4.79 Å². The van der Waals surface area contributed by atoms with Crippen LogP contribution in [0.1, 0.15) is 32.6 Å². The number of unbranched alkanes of at least 4 members (excludes halogenated alkanes) is 2. The zero-order chi connectivity index (χ0) is 11.4. The van der Waals surface area contributed by atoms with Crippen molar-refractivity contribution in [1.82, 2.24) is 0 Å². The summed E-state index contributed by atoms with van der Waals surface area (Å²) in [5, 5.41) is 3.44. The molecule has 0 unspecified atom stereocenters. The van der Waals surface area contributed by atoms with E-state index in [-0.39, 0.29) is 5.78 Å². The third kappa shape index (κ3) is 12.5. The molecular formula is C11H17N3O. The van der Waals surface area contributed by atoms with E-state index in [1.165, 1.54) is 0 Å². The smallest absolute Gasteiger partial charge is 0.152 e. The van der Waals surface area contributed by atoms with E-state index < -0.39 is 0 Å². The largest absolute Gasteiger partial charge is 0.295 e. The fourth-order valence-corrected chi connectivity index (χ4v) is 1.00. The molecule has 0 aromatic rings. The number of hydrogen-bond donors (Lipinski definition) is 0. The number of carbonyl (C=O) groups excluding carboxylic acids is 1. The van der Waals surface area contributed by atoms with Gasteiger partial charge in [0, 0.05) is 11.5 Å². The summed E-state index contributed by atoms with van der Waals surface area (Å²) in [5.74, 6) is 0.0911. The lowest BCUT2D eigenvalue weighted by molar-refractivity contribution is -0.112. The molecule has 0 bridgehead atoms. The van der Waals surface area contributed by atoms with Crippen LogP contribution in [0.3, 0.4) is 0 Å². The van der Waals surface area contributed by atoms with Crippen molar-refractivity contribution < 1.29 is 4.79 Å². The molecule has 0 fully saturated rings. The topological polar surface area (TPSA) is 65.8 Å². The summed E-state index contributed by atoms with van der Waals surface area (Å²) >= 11 is 0. The van der Waals surface area contributed by atoms with E-state index in [4.69, 9.17) is 5.53 Å². The molecule has 0 radical (unpaired) electrons. The molecule has 0 saturated heterocycles. The molecule has 0 spiro atoms. The highest BCUT2D eigenvalue weighted by Crippen LogP contribution is 1.97. The van der Waals surface area contributed by atoms with Crippen LogP contribution in [-0.4, -0.2) is 12.3 Å². The van der Waals surface area contributed by atoms with Crippen molar-refractivity contribution in [3.05, 3.63) is 34.7 Å². The van der Waals surface area contributed by atoms with Crippen LogP contribution in [0.25, 0.3) is 10.4 Å². The third-order valence-corrected chi connectivity index (χ3v) is 1.71. The standard InChI is InChI=1S/C11H17N3O/c1-11(15)9-7-5-3-2-4-6-8-10-13-14-12/h2,4,7,9H,3,5-6,8,10H2,1H3/b4-2-,9-7+. The van der Waals surface area contributed by atoms with Crippen LogP contribution in [0.2, 0.25) is 0 Å². The van der Waals surface area contributed by atoms with Crippen molar-refractivity contribution in [2.24, 2.45) is 5.11 Å². The fourth-order valence-electron chi connectivity index (χ4n) is 1.00. The van der Waals surface area contributed by atoms with Crippen LogP contribution in [-0.2, 0) is 4.79 Å². The van der Waals surface area contributed by atoms with Crippen molar-refractivity contribution in [1.29, 1.82) is 0 Å². The van der Waals surface area contributed by atoms with Crippen LogP contribution in [0.15, 0.2) is 29.4 Å². The summed E-state index contributed by atoms with van der Waals surface area (Å²) in [4.78, 5) is 13.2. The van der Waals surface area contributed by atoms with Gasteiger partial charge in [-0.15, -0.1) is 0 Å². The molecule has 0 aliphatic heterocycles. The first-order valence-electron chi connectivity index (χ1n) is 5.10. The van der Waals surface area contributed by atoms with Gasteiger partial charge in [0.1, 0.15) is 0 Å². The first-order valence-corrected chi connectivity index (χ1v) is 5.10. The Labute approximate surface area is 90.3 Å². The highest BCUT2D eigenvalue weighted by Gasteiger charge is 1.82. The molecule has 4 nitrogen and oxygen atoms in total. The first-order chi connectivity index (χ1) is 7.27. The van der Waals surface area contributed by atoms with Gasteiger partial charge in [-0.25, -0.2) is 0 Å². The normalized spacial score (nSPS) is 10.7. The second kappa shape index (κ2) is 10.5. The maximum atomic E-state index is 10.5. The van der Waals surface area contributed by atoms with E-state index >= 15 is 0 Å². The van der Waals surface area contributed by atoms with Crippen LogP contribution < -0.4 is 0 Å². The Hall–Kier alpha value is -1.54. The number of carbonyl (C=O) groups is 1. The Balaban J connectivity index is 3.31. The average molecular weight is 207 g/mol. The lowest BCUT2D eigenvalue weighted by Gasteiger charge is -1.89. The highest BCUT2D eigenvalue weighted by atomic mass is 16.1. The van der Waals surface area contributed by atoms with Gasteiger partial charge < -0.3 is 0 Å². The van der Waals surface area contributed by atoms with Crippen molar-refractivity contribution >= 4 is 5.78 Å². The molecular weight excluding hydrogens is 190 g/mol. The number of nitrogens with zero attached hydrogens (tertiary/aromatic N) is 3. The van der Waals surface area contributed by atoms with Crippen LogP contribution in [0.5, 0.6) is 0 Å². The molecule has 0 N–H and O–H groups in total. The van der Waals surface area contributed by atoms with Gasteiger partial charge in [0.2, 0.25) is 0 Å². The summed E-state index contributed by atoms with van der Waals surface area (Å²) in [6, 6.07) is 0. The molecule has 0 aliphatic carbocycles. The number of rotatable bonds is 8. The Bertz CT molecular complexity index is 276. The molecule has 0 rings (SSSR count). The van der Waals surface area contributed by atoms with Crippen molar-refractivity contribution in [3.63, 3.8) is 0 Å². The quantitative estimate of drug-likeness (QED) is 0.150. The van der Waals surface area contributed by atoms with E-state index in [1.807, 2.05) is 6.08 Å². The monoisotopic (exact) mass is 207 g/mol. The summed E-state index contributed by atoms with van der Waals surface area (Å²) in [7, 11) is 0. The number of hydrogen-bond acceptors (Lipinski definition) is 2. The minimum absolute atomic E-state index is 0.0911. The minimum Gasteiger partial charge on any atom is -0.295 e. The second-order valence-corrected chi connectivity index (χ2v) is 3.16. The summed E-state index contributed by atoms with van der Waals surface area (Å²) < 4.78 is 0. The fraction of sp³-hybridized carbons (Fsp3) is 0.545. The van der Waals surface area contributed by atoms with Gasteiger partial charge >= 0.3 is 0 Å².